The van der Waals surface area contributed by atoms with E-state index in [1.807, 2.05) is 24.0 Å². The number of aromatic nitrogens is 1. The van der Waals surface area contributed by atoms with Crippen molar-refractivity contribution >= 4 is 11.8 Å². The van der Waals surface area contributed by atoms with Gasteiger partial charge in [-0.3, -0.25) is 4.98 Å². The largest absolute Gasteiger partial charge is 0.312 e. The summed E-state index contributed by atoms with van der Waals surface area (Å²) >= 11 is 1.89. The van der Waals surface area contributed by atoms with Crippen molar-refractivity contribution in [2.75, 3.05) is 12.8 Å². The third-order valence-electron chi connectivity index (χ3n) is 2.27. The average molecular weight is 210 g/mol. The van der Waals surface area contributed by atoms with Gasteiger partial charge >= 0.3 is 0 Å². The Morgan fingerprint density at radius 1 is 1.57 bits per heavy atom. The van der Waals surface area contributed by atoms with Crippen LogP contribution in [-0.2, 0) is 6.54 Å². The molecule has 0 fully saturated rings. The Morgan fingerprint density at radius 2 is 2.36 bits per heavy atom. The van der Waals surface area contributed by atoms with Crippen molar-refractivity contribution < 1.29 is 0 Å². The highest BCUT2D eigenvalue weighted by Gasteiger charge is 2.00. The third-order valence-corrected chi connectivity index (χ3v) is 3.24. The van der Waals surface area contributed by atoms with Gasteiger partial charge in [-0.25, -0.2) is 0 Å². The third kappa shape index (κ3) is 3.68. The quantitative estimate of drug-likeness (QED) is 0.806. The monoisotopic (exact) mass is 210 g/mol. The summed E-state index contributed by atoms with van der Waals surface area (Å²) in [6.07, 6.45) is 3.98. The molecule has 78 valence electrons. The Morgan fingerprint density at radius 3 is 3.00 bits per heavy atom. The number of nitrogens with one attached hydrogen (secondary N) is 1. The van der Waals surface area contributed by atoms with Crippen molar-refractivity contribution in [1.82, 2.24) is 10.3 Å². The number of aryl methyl sites for hydroxylation is 1. The van der Waals surface area contributed by atoms with Crippen LogP contribution in [0, 0.1) is 6.92 Å². The second kappa shape index (κ2) is 6.04. The lowest BCUT2D eigenvalue weighted by atomic mass is 10.2. The van der Waals surface area contributed by atoms with Crippen LogP contribution >= 0.6 is 11.8 Å². The molecule has 1 heterocycles. The van der Waals surface area contributed by atoms with Gasteiger partial charge in [0.1, 0.15) is 0 Å². The van der Waals surface area contributed by atoms with E-state index in [0.29, 0.717) is 5.25 Å². The maximum absolute atomic E-state index is 4.25. The van der Waals surface area contributed by atoms with E-state index in [1.54, 1.807) is 0 Å². The summed E-state index contributed by atoms with van der Waals surface area (Å²) in [7, 11) is 0. The minimum absolute atomic E-state index is 0.673. The van der Waals surface area contributed by atoms with E-state index in [1.165, 1.54) is 5.56 Å². The first-order valence-electron chi connectivity index (χ1n) is 4.88. The van der Waals surface area contributed by atoms with Gasteiger partial charge in [-0.05, 0) is 24.8 Å². The summed E-state index contributed by atoms with van der Waals surface area (Å²) in [5.41, 5.74) is 2.41. The van der Waals surface area contributed by atoms with Crippen molar-refractivity contribution in [3.8, 4) is 0 Å². The summed E-state index contributed by atoms with van der Waals surface area (Å²) < 4.78 is 0. The first kappa shape index (κ1) is 11.5. The zero-order chi connectivity index (χ0) is 10.4. The summed E-state index contributed by atoms with van der Waals surface area (Å²) in [6.45, 7) is 6.25. The maximum atomic E-state index is 4.25. The summed E-state index contributed by atoms with van der Waals surface area (Å²) in [6, 6.07) is 4.11. The van der Waals surface area contributed by atoms with E-state index in [-0.39, 0.29) is 0 Å². The normalized spacial score (nSPS) is 12.8. The second-order valence-electron chi connectivity index (χ2n) is 3.43. The van der Waals surface area contributed by atoms with Crippen LogP contribution in [0.1, 0.15) is 18.2 Å². The summed E-state index contributed by atoms with van der Waals surface area (Å²) in [4.78, 5) is 4.25. The lowest BCUT2D eigenvalue weighted by Gasteiger charge is -2.10. The fraction of sp³-hybridized carbons (Fsp3) is 0.545. The Balaban J connectivity index is 2.35. The Labute approximate surface area is 90.5 Å². The van der Waals surface area contributed by atoms with Crippen molar-refractivity contribution in [1.29, 1.82) is 0 Å². The number of hydrogen-bond donors (Lipinski definition) is 1. The van der Waals surface area contributed by atoms with Crippen LogP contribution in [0.4, 0.5) is 0 Å². The minimum Gasteiger partial charge on any atom is -0.312 e. The number of thioether (sulfide) groups is 1. The molecule has 0 aromatic carbocycles. The molecule has 0 saturated carbocycles. The van der Waals surface area contributed by atoms with Crippen molar-refractivity contribution in [3.63, 3.8) is 0 Å². The predicted octanol–water partition coefficient (Wildman–Crippen LogP) is 2.23. The zero-order valence-corrected chi connectivity index (χ0v) is 9.90. The lowest BCUT2D eigenvalue weighted by Crippen LogP contribution is -2.22. The number of pyridine rings is 1. The molecule has 0 radical (unpaired) electrons. The van der Waals surface area contributed by atoms with Gasteiger partial charge in [-0.1, -0.05) is 13.0 Å². The van der Waals surface area contributed by atoms with Gasteiger partial charge in [0, 0.05) is 30.2 Å². The standard InChI is InChI=1S/C11H18N2S/c1-9(14-3)7-12-8-11-5-4-6-13-10(11)2/h4-6,9,12H,7-8H2,1-3H3. The van der Waals surface area contributed by atoms with Crippen LogP contribution in [0.15, 0.2) is 18.3 Å². The Kier molecular flexibility index (Phi) is 4.98. The molecule has 1 aromatic heterocycles. The smallest absolute Gasteiger partial charge is 0.0417 e. The van der Waals surface area contributed by atoms with Crippen molar-refractivity contribution in [3.05, 3.63) is 29.6 Å². The molecule has 14 heavy (non-hydrogen) atoms. The molecule has 0 bridgehead atoms. The molecule has 3 heteroatoms. The number of rotatable bonds is 5. The Hall–Kier alpha value is -0.540. The fourth-order valence-electron chi connectivity index (χ4n) is 1.20. The SMILES string of the molecule is CSC(C)CNCc1cccnc1C. The van der Waals surface area contributed by atoms with Crippen LogP contribution in [0.2, 0.25) is 0 Å². The second-order valence-corrected chi connectivity index (χ2v) is 4.70. The van der Waals surface area contributed by atoms with Crippen LogP contribution in [-0.4, -0.2) is 23.0 Å². The number of nitrogens with zero attached hydrogens (tertiary/aromatic N) is 1. The highest BCUT2D eigenvalue weighted by Crippen LogP contribution is 2.05. The highest BCUT2D eigenvalue weighted by molar-refractivity contribution is 7.99. The molecule has 1 N–H and O–H groups in total. The molecule has 0 aliphatic heterocycles. The molecular weight excluding hydrogens is 192 g/mol. The van der Waals surface area contributed by atoms with Gasteiger partial charge in [-0.2, -0.15) is 11.8 Å². The first-order valence-corrected chi connectivity index (χ1v) is 6.17. The van der Waals surface area contributed by atoms with Gasteiger partial charge in [-0.15, -0.1) is 0 Å². The minimum atomic E-state index is 0.673. The van der Waals surface area contributed by atoms with Gasteiger partial charge in [0.15, 0.2) is 0 Å². The predicted molar refractivity (Wildman–Crippen MR) is 63.7 cm³/mol. The molecule has 2 nitrogen and oxygen atoms in total. The van der Waals surface area contributed by atoms with E-state index in [9.17, 15) is 0 Å². The Bertz CT molecular complexity index is 276. The zero-order valence-electron chi connectivity index (χ0n) is 9.08. The summed E-state index contributed by atoms with van der Waals surface area (Å²) in [5, 5.41) is 4.11. The first-order chi connectivity index (χ1) is 6.74. The van der Waals surface area contributed by atoms with E-state index in [2.05, 4.69) is 36.5 Å². The van der Waals surface area contributed by atoms with E-state index >= 15 is 0 Å². The van der Waals surface area contributed by atoms with E-state index in [0.717, 1.165) is 18.8 Å². The molecule has 0 aliphatic carbocycles. The molecule has 1 atom stereocenters. The highest BCUT2D eigenvalue weighted by atomic mass is 32.2. The maximum Gasteiger partial charge on any atom is 0.0417 e. The molecule has 0 aliphatic rings. The van der Waals surface area contributed by atoms with E-state index in [4.69, 9.17) is 0 Å². The number of hydrogen-bond acceptors (Lipinski definition) is 3. The molecule has 1 unspecified atom stereocenters. The van der Waals surface area contributed by atoms with Gasteiger partial charge in [0.25, 0.3) is 0 Å². The van der Waals surface area contributed by atoms with Crippen molar-refractivity contribution in [2.24, 2.45) is 0 Å². The van der Waals surface area contributed by atoms with E-state index < -0.39 is 0 Å². The van der Waals surface area contributed by atoms with Crippen LogP contribution < -0.4 is 5.32 Å². The topological polar surface area (TPSA) is 24.9 Å². The average Bonchev–Trinajstić information content (AvgIpc) is 2.20. The van der Waals surface area contributed by atoms with Crippen LogP contribution in [0.25, 0.3) is 0 Å². The van der Waals surface area contributed by atoms with Gasteiger partial charge in [0.2, 0.25) is 0 Å². The molecule has 0 saturated heterocycles. The van der Waals surface area contributed by atoms with Crippen LogP contribution in [0.5, 0.6) is 0 Å². The molecule has 1 aromatic rings. The molecule has 1 rings (SSSR count). The fourth-order valence-corrected chi connectivity index (χ4v) is 1.48. The van der Waals surface area contributed by atoms with Crippen molar-refractivity contribution in [2.45, 2.75) is 25.6 Å². The summed E-state index contributed by atoms with van der Waals surface area (Å²) in [5.74, 6) is 0. The lowest BCUT2D eigenvalue weighted by molar-refractivity contribution is 0.680. The molecular formula is C11H18N2S. The van der Waals surface area contributed by atoms with Crippen LogP contribution in [0.3, 0.4) is 0 Å². The van der Waals surface area contributed by atoms with Gasteiger partial charge < -0.3 is 5.32 Å². The molecule has 0 amide bonds. The molecule has 0 spiro atoms. The van der Waals surface area contributed by atoms with Gasteiger partial charge in [0.05, 0.1) is 0 Å².